The Morgan fingerprint density at radius 1 is 1.17 bits per heavy atom. The average Bonchev–Trinajstić information content (AvgIpc) is 2.51. The van der Waals surface area contributed by atoms with E-state index in [9.17, 15) is 14.0 Å². The second-order valence-corrected chi connectivity index (χ2v) is 5.10. The smallest absolute Gasteiger partial charge is 0.257 e. The molecule has 0 saturated carbocycles. The monoisotopic (exact) mass is 311 g/mol. The fraction of sp³-hybridized carbons (Fsp3) is 0.231. The fourth-order valence-electron chi connectivity index (χ4n) is 1.80. The van der Waals surface area contributed by atoms with Crippen LogP contribution < -0.4 is 0 Å². The summed E-state index contributed by atoms with van der Waals surface area (Å²) in [5, 5.41) is 0. The van der Waals surface area contributed by atoms with Crippen LogP contribution in [0, 0.1) is 5.82 Å². The normalized spacial score (nSPS) is 15.9. The minimum Gasteiger partial charge on any atom is -0.270 e. The van der Waals surface area contributed by atoms with Gasteiger partial charge in [0.25, 0.3) is 11.8 Å². The second-order valence-electron chi connectivity index (χ2n) is 4.18. The van der Waals surface area contributed by atoms with Gasteiger partial charge in [-0.05, 0) is 32.0 Å². The van der Waals surface area contributed by atoms with Crippen LogP contribution >= 0.6 is 15.9 Å². The van der Waals surface area contributed by atoms with E-state index < -0.39 is 5.82 Å². The van der Waals surface area contributed by atoms with Crippen molar-refractivity contribution in [1.29, 1.82) is 0 Å². The predicted octanol–water partition coefficient (Wildman–Crippen LogP) is 2.79. The number of hydrogen-bond donors (Lipinski definition) is 0. The fourth-order valence-corrected chi connectivity index (χ4v) is 2.20. The van der Waals surface area contributed by atoms with E-state index in [2.05, 4.69) is 15.9 Å². The van der Waals surface area contributed by atoms with Gasteiger partial charge in [0.2, 0.25) is 0 Å². The molecule has 0 spiro atoms. The summed E-state index contributed by atoms with van der Waals surface area (Å²) in [5.74, 6) is -1.13. The van der Waals surface area contributed by atoms with Crippen molar-refractivity contribution >= 4 is 27.7 Å². The van der Waals surface area contributed by atoms with Crippen LogP contribution in [0.5, 0.6) is 0 Å². The topological polar surface area (TPSA) is 37.4 Å². The third-order valence-electron chi connectivity index (χ3n) is 3.03. The Bertz CT molecular complexity index is 556. The molecule has 2 amide bonds. The maximum atomic E-state index is 13.6. The van der Waals surface area contributed by atoms with Crippen LogP contribution in [-0.4, -0.2) is 16.7 Å². The van der Waals surface area contributed by atoms with Gasteiger partial charge in [0.1, 0.15) is 5.82 Å². The summed E-state index contributed by atoms with van der Waals surface area (Å²) in [7, 11) is 0. The highest BCUT2D eigenvalue weighted by molar-refractivity contribution is 9.10. The molecule has 5 heteroatoms. The first-order valence-electron chi connectivity index (χ1n) is 5.39. The first-order chi connectivity index (χ1) is 8.41. The van der Waals surface area contributed by atoms with Crippen molar-refractivity contribution in [2.75, 3.05) is 0 Å². The van der Waals surface area contributed by atoms with Gasteiger partial charge in [-0.15, -0.1) is 0 Å². The first-order valence-corrected chi connectivity index (χ1v) is 6.18. The Balaban J connectivity index is 2.29. The van der Waals surface area contributed by atoms with Crippen LogP contribution in [0.25, 0.3) is 0 Å². The zero-order valence-electron chi connectivity index (χ0n) is 9.96. The van der Waals surface area contributed by atoms with E-state index in [1.165, 1.54) is 6.07 Å². The van der Waals surface area contributed by atoms with Crippen molar-refractivity contribution in [3.05, 3.63) is 45.2 Å². The molecule has 3 nitrogen and oxygen atoms in total. The van der Waals surface area contributed by atoms with Crippen LogP contribution in [-0.2, 0) is 16.1 Å². The van der Waals surface area contributed by atoms with Crippen LogP contribution in [0.3, 0.4) is 0 Å². The molecule has 1 aliphatic rings. The summed E-state index contributed by atoms with van der Waals surface area (Å²) < 4.78 is 14.3. The Morgan fingerprint density at radius 2 is 1.72 bits per heavy atom. The Morgan fingerprint density at radius 3 is 2.28 bits per heavy atom. The van der Waals surface area contributed by atoms with Crippen LogP contribution in [0.4, 0.5) is 4.39 Å². The number of imide groups is 1. The van der Waals surface area contributed by atoms with Gasteiger partial charge in [0.15, 0.2) is 0 Å². The third-order valence-corrected chi connectivity index (χ3v) is 3.52. The van der Waals surface area contributed by atoms with E-state index >= 15 is 0 Å². The SMILES string of the molecule is CC1=C(C)C(=O)N(Cc2cc(Br)ccc2F)C1=O. The Hall–Kier alpha value is -1.49. The molecule has 0 unspecified atom stereocenters. The van der Waals surface area contributed by atoms with Crippen LogP contribution in [0.15, 0.2) is 33.8 Å². The average molecular weight is 312 g/mol. The van der Waals surface area contributed by atoms with Gasteiger partial charge in [-0.1, -0.05) is 15.9 Å². The lowest BCUT2D eigenvalue weighted by atomic mass is 10.2. The molecule has 0 atom stereocenters. The second kappa shape index (κ2) is 4.65. The van der Waals surface area contributed by atoms with Gasteiger partial charge >= 0.3 is 0 Å². The third kappa shape index (κ3) is 2.10. The molecule has 1 aromatic rings. The molecule has 0 saturated heterocycles. The quantitative estimate of drug-likeness (QED) is 0.788. The van der Waals surface area contributed by atoms with Crippen molar-refractivity contribution in [3.63, 3.8) is 0 Å². The van der Waals surface area contributed by atoms with Crippen LogP contribution in [0.2, 0.25) is 0 Å². The molecule has 1 aliphatic heterocycles. The van der Waals surface area contributed by atoms with Crippen molar-refractivity contribution in [1.82, 2.24) is 4.90 Å². The minimum atomic E-state index is -0.430. The maximum Gasteiger partial charge on any atom is 0.257 e. The van der Waals surface area contributed by atoms with Gasteiger partial charge in [0, 0.05) is 21.2 Å². The first kappa shape index (κ1) is 13.0. The van der Waals surface area contributed by atoms with Gasteiger partial charge in [-0.25, -0.2) is 4.39 Å². The van der Waals surface area contributed by atoms with E-state index in [1.807, 2.05) is 0 Å². The molecule has 1 heterocycles. The summed E-state index contributed by atoms with van der Waals surface area (Å²) in [5.41, 5.74) is 1.17. The lowest BCUT2D eigenvalue weighted by molar-refractivity contribution is -0.138. The van der Waals surface area contributed by atoms with Gasteiger partial charge in [-0.3, -0.25) is 14.5 Å². The number of carbonyl (C=O) groups excluding carboxylic acids is 2. The molecule has 0 aromatic heterocycles. The maximum absolute atomic E-state index is 13.6. The molecule has 0 radical (unpaired) electrons. The standard InChI is InChI=1S/C13H11BrFNO2/c1-7-8(2)13(18)16(12(7)17)6-9-5-10(14)3-4-11(9)15/h3-5H,6H2,1-2H3. The molecule has 0 fully saturated rings. The van der Waals surface area contributed by atoms with Gasteiger partial charge in [-0.2, -0.15) is 0 Å². The van der Waals surface area contributed by atoms with Crippen molar-refractivity contribution < 1.29 is 14.0 Å². The van der Waals surface area contributed by atoms with E-state index in [-0.39, 0.29) is 18.4 Å². The molecular formula is C13H11BrFNO2. The Kier molecular flexibility index (Phi) is 3.34. The Labute approximate surface area is 112 Å². The molecular weight excluding hydrogens is 301 g/mol. The zero-order chi connectivity index (χ0) is 13.4. The molecule has 18 heavy (non-hydrogen) atoms. The zero-order valence-corrected chi connectivity index (χ0v) is 11.5. The van der Waals surface area contributed by atoms with Crippen LogP contribution in [0.1, 0.15) is 19.4 Å². The summed E-state index contributed by atoms with van der Waals surface area (Å²) >= 11 is 3.23. The number of amides is 2. The highest BCUT2D eigenvalue weighted by atomic mass is 79.9. The highest BCUT2D eigenvalue weighted by Gasteiger charge is 2.33. The number of benzene rings is 1. The molecule has 0 bridgehead atoms. The number of nitrogens with zero attached hydrogens (tertiary/aromatic N) is 1. The lowest BCUT2D eigenvalue weighted by Gasteiger charge is -2.15. The van der Waals surface area contributed by atoms with Crippen molar-refractivity contribution in [2.45, 2.75) is 20.4 Å². The lowest BCUT2D eigenvalue weighted by Crippen LogP contribution is -2.31. The van der Waals surface area contributed by atoms with Crippen molar-refractivity contribution in [2.24, 2.45) is 0 Å². The summed E-state index contributed by atoms with van der Waals surface area (Å²) in [6.07, 6.45) is 0. The summed E-state index contributed by atoms with van der Waals surface area (Å²) in [4.78, 5) is 24.7. The summed E-state index contributed by atoms with van der Waals surface area (Å²) in [6, 6.07) is 4.44. The van der Waals surface area contributed by atoms with E-state index in [0.29, 0.717) is 21.2 Å². The largest absolute Gasteiger partial charge is 0.270 e. The number of rotatable bonds is 2. The highest BCUT2D eigenvalue weighted by Crippen LogP contribution is 2.24. The number of hydrogen-bond acceptors (Lipinski definition) is 2. The molecule has 94 valence electrons. The van der Waals surface area contributed by atoms with E-state index in [1.54, 1.807) is 26.0 Å². The predicted molar refractivity (Wildman–Crippen MR) is 68.0 cm³/mol. The van der Waals surface area contributed by atoms with E-state index in [0.717, 1.165) is 4.90 Å². The van der Waals surface area contributed by atoms with E-state index in [4.69, 9.17) is 0 Å². The van der Waals surface area contributed by atoms with Crippen molar-refractivity contribution in [3.8, 4) is 0 Å². The molecule has 0 N–H and O–H groups in total. The minimum absolute atomic E-state index is 0.0440. The number of carbonyl (C=O) groups is 2. The molecule has 2 rings (SSSR count). The molecule has 1 aromatic carbocycles. The van der Waals surface area contributed by atoms with Gasteiger partial charge in [0.05, 0.1) is 6.54 Å². The summed E-state index contributed by atoms with van der Waals surface area (Å²) in [6.45, 7) is 3.16. The van der Waals surface area contributed by atoms with Gasteiger partial charge < -0.3 is 0 Å². The molecule has 0 aliphatic carbocycles. The number of halogens is 2.